The summed E-state index contributed by atoms with van der Waals surface area (Å²) in [5.41, 5.74) is 0.0829. The first kappa shape index (κ1) is 16.6. The monoisotopic (exact) mass is 347 g/mol. The number of amides is 1. The normalized spacial score (nSPS) is 19.8. The number of carbonyl (C=O) groups excluding carboxylic acids is 1. The zero-order valence-corrected chi connectivity index (χ0v) is 13.8. The number of benzene rings is 2. The minimum atomic E-state index is -3.93. The average Bonchev–Trinajstić information content (AvgIpc) is 2.79. The van der Waals surface area contributed by atoms with Crippen LogP contribution in [0.1, 0.15) is 17.5 Å². The number of hydrogen-bond donors (Lipinski definition) is 2. The van der Waals surface area contributed by atoms with Crippen LogP contribution in [0.15, 0.2) is 53.4 Å². The smallest absolute Gasteiger partial charge is 0.296 e. The number of nitrogens with one attached hydrogen (secondary N) is 1. The highest BCUT2D eigenvalue weighted by atomic mass is 32.2. The molecule has 0 radical (unpaired) electrons. The first-order chi connectivity index (χ1) is 11.3. The second-order valence-corrected chi connectivity index (χ2v) is 7.31. The van der Waals surface area contributed by atoms with Crippen molar-refractivity contribution < 1.29 is 22.5 Å². The Morgan fingerprint density at radius 1 is 1.12 bits per heavy atom. The molecule has 0 saturated heterocycles. The van der Waals surface area contributed by atoms with Gasteiger partial charge in [0.2, 0.25) is 0 Å². The van der Waals surface area contributed by atoms with Crippen LogP contribution in [0.5, 0.6) is 0 Å². The summed E-state index contributed by atoms with van der Waals surface area (Å²) in [6, 6.07) is 13.0. The Bertz CT molecular complexity index is 876. The van der Waals surface area contributed by atoms with Crippen LogP contribution in [0, 0.1) is 6.92 Å². The lowest BCUT2D eigenvalue weighted by atomic mass is 9.92. The topological polar surface area (TPSA) is 92.7 Å². The Labute approximate surface area is 140 Å². The van der Waals surface area contributed by atoms with Crippen molar-refractivity contribution in [3.8, 4) is 0 Å². The summed E-state index contributed by atoms with van der Waals surface area (Å²) < 4.78 is 29.3. The number of fused-ring (bicyclic) bond motifs is 1. The summed E-state index contributed by atoms with van der Waals surface area (Å²) in [6.45, 7) is 1.54. The van der Waals surface area contributed by atoms with E-state index in [0.717, 1.165) is 5.56 Å². The first-order valence-corrected chi connectivity index (χ1v) is 8.83. The van der Waals surface area contributed by atoms with E-state index in [1.54, 1.807) is 36.4 Å². The van der Waals surface area contributed by atoms with Crippen LogP contribution in [0.4, 0.5) is 5.69 Å². The molecule has 7 heteroatoms. The van der Waals surface area contributed by atoms with Crippen molar-refractivity contribution in [3.63, 3.8) is 0 Å². The second kappa shape index (κ2) is 6.01. The fraction of sp³-hybridized carbons (Fsp3) is 0.235. The lowest BCUT2D eigenvalue weighted by molar-refractivity contribution is -0.135. The van der Waals surface area contributed by atoms with Gasteiger partial charge in [-0.2, -0.15) is 8.42 Å². The zero-order valence-electron chi connectivity index (χ0n) is 13.0. The summed E-state index contributed by atoms with van der Waals surface area (Å²) in [5, 5.41) is 13.2. The van der Waals surface area contributed by atoms with Crippen molar-refractivity contribution in [1.82, 2.24) is 0 Å². The molecule has 0 fully saturated rings. The molecule has 0 aliphatic carbocycles. The number of rotatable bonds is 5. The third-order valence-electron chi connectivity index (χ3n) is 4.01. The zero-order chi connectivity index (χ0) is 17.4. The summed E-state index contributed by atoms with van der Waals surface area (Å²) in [4.78, 5) is 12.1. The van der Waals surface area contributed by atoms with Crippen LogP contribution in [0.2, 0.25) is 0 Å². The molecule has 126 valence electrons. The number of anilines is 1. The van der Waals surface area contributed by atoms with Gasteiger partial charge in [-0.15, -0.1) is 0 Å². The molecule has 0 aromatic heterocycles. The van der Waals surface area contributed by atoms with E-state index >= 15 is 0 Å². The van der Waals surface area contributed by atoms with Gasteiger partial charge in [0, 0.05) is 17.7 Å². The van der Waals surface area contributed by atoms with Crippen molar-refractivity contribution in [2.24, 2.45) is 0 Å². The third-order valence-corrected chi connectivity index (χ3v) is 5.33. The van der Waals surface area contributed by atoms with Gasteiger partial charge in [0.25, 0.3) is 16.0 Å². The Hall–Kier alpha value is -2.22. The summed E-state index contributed by atoms with van der Waals surface area (Å²) in [6.07, 6.45) is -0.166. The highest BCUT2D eigenvalue weighted by Gasteiger charge is 2.44. The highest BCUT2D eigenvalue weighted by molar-refractivity contribution is 7.86. The van der Waals surface area contributed by atoms with Crippen molar-refractivity contribution in [2.45, 2.75) is 23.8 Å². The largest absolute Gasteiger partial charge is 0.375 e. The van der Waals surface area contributed by atoms with Crippen molar-refractivity contribution in [1.29, 1.82) is 0 Å². The van der Waals surface area contributed by atoms with Crippen LogP contribution < -0.4 is 5.32 Å². The molecule has 2 aromatic carbocycles. The minimum Gasteiger partial charge on any atom is -0.375 e. The molecule has 1 unspecified atom stereocenters. The van der Waals surface area contributed by atoms with Crippen LogP contribution in [0.25, 0.3) is 0 Å². The molecule has 1 aliphatic heterocycles. The lowest BCUT2D eigenvalue weighted by Gasteiger charge is -2.20. The first-order valence-electron chi connectivity index (χ1n) is 7.42. The predicted molar refractivity (Wildman–Crippen MR) is 87.9 cm³/mol. The quantitative estimate of drug-likeness (QED) is 0.806. The number of hydrogen-bond acceptors (Lipinski definition) is 5. The van der Waals surface area contributed by atoms with E-state index in [9.17, 15) is 18.3 Å². The fourth-order valence-corrected chi connectivity index (χ4v) is 3.53. The van der Waals surface area contributed by atoms with Gasteiger partial charge in [0.15, 0.2) is 5.60 Å². The SMILES string of the molecule is Cc1ccc(S(=O)(=O)OCCC2(O)C(=O)Nc3ccccc32)cc1. The Morgan fingerprint density at radius 2 is 1.79 bits per heavy atom. The van der Waals surface area contributed by atoms with Crippen molar-refractivity contribution in [3.05, 3.63) is 59.7 Å². The van der Waals surface area contributed by atoms with Gasteiger partial charge >= 0.3 is 0 Å². The van der Waals surface area contributed by atoms with Crippen molar-refractivity contribution >= 4 is 21.7 Å². The molecular weight excluding hydrogens is 330 g/mol. The molecule has 1 aliphatic rings. The fourth-order valence-electron chi connectivity index (χ4n) is 2.62. The number of para-hydroxylation sites is 1. The van der Waals surface area contributed by atoms with Gasteiger partial charge in [-0.25, -0.2) is 0 Å². The molecule has 0 bridgehead atoms. The Kier molecular flexibility index (Phi) is 4.16. The molecule has 1 amide bonds. The predicted octanol–water partition coefficient (Wildman–Crippen LogP) is 1.93. The van der Waals surface area contributed by atoms with Gasteiger partial charge in [0.05, 0.1) is 11.5 Å². The van der Waals surface area contributed by atoms with E-state index in [-0.39, 0.29) is 17.9 Å². The molecule has 6 nitrogen and oxygen atoms in total. The standard InChI is InChI=1S/C17H17NO5S/c1-12-6-8-13(9-7-12)24(21,22)23-11-10-17(20)14-4-2-3-5-15(14)18-16(17)19/h2-9,20H,10-11H2,1H3,(H,18,19). The van der Waals surface area contributed by atoms with Crippen LogP contribution >= 0.6 is 0 Å². The van der Waals surface area contributed by atoms with Gasteiger partial charge in [-0.05, 0) is 25.1 Å². The van der Waals surface area contributed by atoms with E-state index in [2.05, 4.69) is 5.32 Å². The van der Waals surface area contributed by atoms with E-state index < -0.39 is 21.6 Å². The molecular formula is C17H17NO5S. The number of aliphatic hydroxyl groups is 1. The summed E-state index contributed by atoms with van der Waals surface area (Å²) in [5.74, 6) is -0.583. The average molecular weight is 347 g/mol. The summed E-state index contributed by atoms with van der Waals surface area (Å²) in [7, 11) is -3.93. The van der Waals surface area contributed by atoms with Crippen LogP contribution in [-0.2, 0) is 24.7 Å². The highest BCUT2D eigenvalue weighted by Crippen LogP contribution is 2.38. The second-order valence-electron chi connectivity index (χ2n) is 5.70. The number of aryl methyl sites for hydroxylation is 1. The number of carbonyl (C=O) groups is 1. The maximum absolute atomic E-state index is 12.1. The summed E-state index contributed by atoms with van der Waals surface area (Å²) >= 11 is 0. The van der Waals surface area contributed by atoms with E-state index in [4.69, 9.17) is 4.18 Å². The van der Waals surface area contributed by atoms with Gasteiger partial charge < -0.3 is 10.4 Å². The molecule has 3 rings (SSSR count). The molecule has 1 heterocycles. The Morgan fingerprint density at radius 3 is 2.50 bits per heavy atom. The molecule has 2 aromatic rings. The van der Waals surface area contributed by atoms with Gasteiger partial charge in [-0.3, -0.25) is 8.98 Å². The van der Waals surface area contributed by atoms with Gasteiger partial charge in [-0.1, -0.05) is 35.9 Å². The van der Waals surface area contributed by atoms with Crippen LogP contribution in [-0.4, -0.2) is 26.0 Å². The minimum absolute atomic E-state index is 0.0383. The lowest BCUT2D eigenvalue weighted by Crippen LogP contribution is -2.35. The van der Waals surface area contributed by atoms with E-state index in [1.807, 2.05) is 6.92 Å². The molecule has 1 atom stereocenters. The molecule has 0 spiro atoms. The molecule has 24 heavy (non-hydrogen) atoms. The third kappa shape index (κ3) is 2.93. The van der Waals surface area contributed by atoms with Crippen LogP contribution in [0.3, 0.4) is 0 Å². The van der Waals surface area contributed by atoms with E-state index in [1.165, 1.54) is 12.1 Å². The van der Waals surface area contributed by atoms with E-state index in [0.29, 0.717) is 11.3 Å². The maximum Gasteiger partial charge on any atom is 0.296 e. The Balaban J connectivity index is 1.72. The van der Waals surface area contributed by atoms with Crippen molar-refractivity contribution in [2.75, 3.05) is 11.9 Å². The molecule has 2 N–H and O–H groups in total. The van der Waals surface area contributed by atoms with Gasteiger partial charge in [0.1, 0.15) is 0 Å². The maximum atomic E-state index is 12.1. The molecule has 0 saturated carbocycles.